The number of nitro benzene ring substituents is 1. The highest BCUT2D eigenvalue weighted by molar-refractivity contribution is 9.10. The molecule has 0 aliphatic heterocycles. The van der Waals surface area contributed by atoms with Gasteiger partial charge in [0.2, 0.25) is 0 Å². The SMILES string of the molecule is CCOc1ccc(C(=O)Nc2nc(-c3ccc(OC)c(Br)c3)cs2)cc1[N+](=O)[O-]. The molecule has 29 heavy (non-hydrogen) atoms. The van der Waals surface area contributed by atoms with Crippen molar-refractivity contribution in [2.75, 3.05) is 19.0 Å². The van der Waals surface area contributed by atoms with E-state index in [2.05, 4.69) is 26.2 Å². The maximum atomic E-state index is 12.5. The zero-order valence-corrected chi connectivity index (χ0v) is 17.9. The van der Waals surface area contributed by atoms with Gasteiger partial charge in [-0.3, -0.25) is 20.2 Å². The Kier molecular flexibility index (Phi) is 6.45. The third-order valence-corrected chi connectivity index (χ3v) is 5.27. The average molecular weight is 478 g/mol. The van der Waals surface area contributed by atoms with Gasteiger partial charge in [-0.05, 0) is 53.2 Å². The second-order valence-electron chi connectivity index (χ2n) is 5.71. The van der Waals surface area contributed by atoms with Crippen molar-refractivity contribution in [1.82, 2.24) is 4.98 Å². The van der Waals surface area contributed by atoms with Crippen molar-refractivity contribution >= 4 is 44.0 Å². The van der Waals surface area contributed by atoms with E-state index in [-0.39, 0.29) is 23.6 Å². The summed E-state index contributed by atoms with van der Waals surface area (Å²) in [6, 6.07) is 9.63. The largest absolute Gasteiger partial charge is 0.496 e. The Bertz CT molecular complexity index is 1070. The molecule has 1 amide bonds. The predicted molar refractivity (Wildman–Crippen MR) is 114 cm³/mol. The molecule has 10 heteroatoms. The lowest BCUT2D eigenvalue weighted by atomic mass is 10.1. The van der Waals surface area contributed by atoms with Crippen LogP contribution in [-0.4, -0.2) is 29.5 Å². The second kappa shape index (κ2) is 9.01. The molecule has 0 aliphatic carbocycles. The molecule has 8 nitrogen and oxygen atoms in total. The van der Waals surface area contributed by atoms with E-state index in [9.17, 15) is 14.9 Å². The first-order valence-corrected chi connectivity index (χ1v) is 10.1. The number of nitrogens with zero attached hydrogens (tertiary/aromatic N) is 2. The molecule has 0 spiro atoms. The van der Waals surface area contributed by atoms with Crippen molar-refractivity contribution in [3.8, 4) is 22.8 Å². The Balaban J connectivity index is 1.79. The average Bonchev–Trinajstić information content (AvgIpc) is 3.16. The smallest absolute Gasteiger partial charge is 0.311 e. The number of thiazole rings is 1. The number of methoxy groups -OCH3 is 1. The van der Waals surface area contributed by atoms with E-state index in [0.29, 0.717) is 16.6 Å². The molecule has 0 saturated heterocycles. The van der Waals surface area contributed by atoms with E-state index in [0.717, 1.165) is 10.0 Å². The number of nitro groups is 1. The van der Waals surface area contributed by atoms with Gasteiger partial charge in [0.05, 0.1) is 28.8 Å². The standard InChI is InChI=1S/C19H16BrN3O5S/c1-3-28-17-7-5-12(9-15(17)23(25)26)18(24)22-19-21-14(10-29-19)11-4-6-16(27-2)13(20)8-11/h4-10H,3H2,1-2H3,(H,21,22,24). The number of rotatable bonds is 7. The number of benzene rings is 2. The van der Waals surface area contributed by atoms with Crippen LogP contribution >= 0.6 is 27.3 Å². The minimum atomic E-state index is -0.579. The van der Waals surface area contributed by atoms with Crippen LogP contribution in [0, 0.1) is 10.1 Å². The molecule has 0 fully saturated rings. The van der Waals surface area contributed by atoms with Crippen molar-refractivity contribution in [3.05, 3.63) is 61.9 Å². The molecule has 1 heterocycles. The number of carbonyl (C=O) groups excluding carboxylic acids is 1. The minimum absolute atomic E-state index is 0.121. The van der Waals surface area contributed by atoms with Crippen molar-refractivity contribution in [3.63, 3.8) is 0 Å². The van der Waals surface area contributed by atoms with E-state index in [1.807, 2.05) is 23.6 Å². The van der Waals surface area contributed by atoms with E-state index in [4.69, 9.17) is 9.47 Å². The summed E-state index contributed by atoms with van der Waals surface area (Å²) in [7, 11) is 1.58. The Morgan fingerprint density at radius 2 is 2.03 bits per heavy atom. The predicted octanol–water partition coefficient (Wildman–Crippen LogP) is 5.14. The van der Waals surface area contributed by atoms with Crippen LogP contribution in [0.1, 0.15) is 17.3 Å². The minimum Gasteiger partial charge on any atom is -0.496 e. The fraction of sp³-hybridized carbons (Fsp3) is 0.158. The lowest BCUT2D eigenvalue weighted by Gasteiger charge is -2.06. The van der Waals surface area contributed by atoms with Gasteiger partial charge >= 0.3 is 5.69 Å². The maximum Gasteiger partial charge on any atom is 0.311 e. The van der Waals surface area contributed by atoms with Crippen LogP contribution in [0.3, 0.4) is 0 Å². The number of carbonyl (C=O) groups is 1. The third-order valence-electron chi connectivity index (χ3n) is 3.89. The van der Waals surface area contributed by atoms with Crippen LogP contribution in [0.15, 0.2) is 46.3 Å². The Morgan fingerprint density at radius 1 is 1.28 bits per heavy atom. The van der Waals surface area contributed by atoms with Gasteiger partial charge in [-0.2, -0.15) is 0 Å². The molecule has 0 saturated carbocycles. The van der Waals surface area contributed by atoms with Crippen LogP contribution in [0.2, 0.25) is 0 Å². The van der Waals surface area contributed by atoms with Gasteiger partial charge in [0, 0.05) is 22.6 Å². The zero-order valence-electron chi connectivity index (χ0n) is 15.5. The highest BCUT2D eigenvalue weighted by Gasteiger charge is 2.19. The van der Waals surface area contributed by atoms with Gasteiger partial charge in [-0.25, -0.2) is 4.98 Å². The fourth-order valence-corrected chi connectivity index (χ4v) is 3.79. The van der Waals surface area contributed by atoms with E-state index < -0.39 is 10.8 Å². The number of hydrogen-bond donors (Lipinski definition) is 1. The monoisotopic (exact) mass is 477 g/mol. The summed E-state index contributed by atoms with van der Waals surface area (Å²) >= 11 is 4.69. The molecule has 3 rings (SSSR count). The Morgan fingerprint density at radius 3 is 2.69 bits per heavy atom. The number of ether oxygens (including phenoxy) is 2. The number of amides is 1. The molecule has 150 valence electrons. The fourth-order valence-electron chi connectivity index (χ4n) is 2.54. The molecule has 0 atom stereocenters. The van der Waals surface area contributed by atoms with Crippen molar-refractivity contribution in [1.29, 1.82) is 0 Å². The number of anilines is 1. The van der Waals surface area contributed by atoms with E-state index >= 15 is 0 Å². The highest BCUT2D eigenvalue weighted by Crippen LogP contribution is 2.32. The first kappa shape index (κ1) is 20.7. The van der Waals surface area contributed by atoms with Crippen molar-refractivity contribution in [2.45, 2.75) is 6.92 Å². The second-order valence-corrected chi connectivity index (χ2v) is 7.43. The van der Waals surface area contributed by atoms with E-state index in [1.54, 1.807) is 14.0 Å². The molecule has 1 N–H and O–H groups in total. The summed E-state index contributed by atoms with van der Waals surface area (Å²) in [6.07, 6.45) is 0. The summed E-state index contributed by atoms with van der Waals surface area (Å²) in [5.41, 5.74) is 1.42. The summed E-state index contributed by atoms with van der Waals surface area (Å²) < 4.78 is 11.2. The topological polar surface area (TPSA) is 104 Å². The van der Waals surface area contributed by atoms with Crippen LogP contribution in [0.25, 0.3) is 11.3 Å². The van der Waals surface area contributed by atoms with E-state index in [1.165, 1.54) is 29.5 Å². The van der Waals surface area contributed by atoms with Gasteiger partial charge in [-0.1, -0.05) is 0 Å². The van der Waals surface area contributed by atoms with Gasteiger partial charge in [0.25, 0.3) is 5.91 Å². The molecule has 2 aromatic carbocycles. The van der Waals surface area contributed by atoms with Crippen LogP contribution in [0.4, 0.5) is 10.8 Å². The zero-order chi connectivity index (χ0) is 21.0. The quantitative estimate of drug-likeness (QED) is 0.373. The molecule has 0 aliphatic rings. The first-order chi connectivity index (χ1) is 13.9. The molecule has 0 bridgehead atoms. The number of hydrogen-bond acceptors (Lipinski definition) is 7. The lowest BCUT2D eigenvalue weighted by molar-refractivity contribution is -0.385. The molecular weight excluding hydrogens is 462 g/mol. The molecular formula is C19H16BrN3O5S. The molecule has 1 aromatic heterocycles. The van der Waals surface area contributed by atoms with Crippen molar-refractivity contribution in [2.24, 2.45) is 0 Å². The number of halogens is 1. The van der Waals surface area contributed by atoms with Gasteiger partial charge in [-0.15, -0.1) is 11.3 Å². The summed E-state index contributed by atoms with van der Waals surface area (Å²) in [5.74, 6) is 0.332. The molecule has 0 unspecified atom stereocenters. The lowest BCUT2D eigenvalue weighted by Crippen LogP contribution is -2.12. The Hall–Kier alpha value is -2.98. The number of aromatic nitrogens is 1. The normalized spacial score (nSPS) is 10.4. The maximum absolute atomic E-state index is 12.5. The third kappa shape index (κ3) is 4.72. The summed E-state index contributed by atoms with van der Waals surface area (Å²) in [6.45, 7) is 2.02. The summed E-state index contributed by atoms with van der Waals surface area (Å²) in [4.78, 5) is 27.6. The highest BCUT2D eigenvalue weighted by atomic mass is 79.9. The van der Waals surface area contributed by atoms with Gasteiger partial charge in [0.15, 0.2) is 10.9 Å². The number of nitrogens with one attached hydrogen (secondary N) is 1. The van der Waals surface area contributed by atoms with Crippen molar-refractivity contribution < 1.29 is 19.2 Å². The molecule has 3 aromatic rings. The Labute approximate surface area is 178 Å². The van der Waals surface area contributed by atoms with Gasteiger partial charge in [0.1, 0.15) is 5.75 Å². The van der Waals surface area contributed by atoms with Gasteiger partial charge < -0.3 is 9.47 Å². The first-order valence-electron chi connectivity index (χ1n) is 8.45. The van der Waals surface area contributed by atoms with Crippen LogP contribution < -0.4 is 14.8 Å². The van der Waals surface area contributed by atoms with Crippen LogP contribution in [-0.2, 0) is 0 Å². The summed E-state index contributed by atoms with van der Waals surface area (Å²) in [5, 5.41) is 16.1. The van der Waals surface area contributed by atoms with Crippen LogP contribution in [0.5, 0.6) is 11.5 Å². The molecule has 0 radical (unpaired) electrons.